The van der Waals surface area contributed by atoms with Crippen LogP contribution in [0.5, 0.6) is 0 Å². The van der Waals surface area contributed by atoms with Crippen molar-refractivity contribution in [3.05, 3.63) is 35.4 Å². The van der Waals surface area contributed by atoms with E-state index in [9.17, 15) is 10.5 Å². The average molecular weight is 263 g/mol. The Hall–Kier alpha value is -2.31. The van der Waals surface area contributed by atoms with Gasteiger partial charge >= 0.3 is 0 Å². The van der Waals surface area contributed by atoms with Gasteiger partial charge in [0.25, 0.3) is 0 Å². The van der Waals surface area contributed by atoms with Crippen molar-refractivity contribution in [1.82, 2.24) is 0 Å². The third-order valence-corrected chi connectivity index (χ3v) is 4.22. The zero-order chi connectivity index (χ0) is 14.4. The molecule has 0 radical (unpaired) electrons. The van der Waals surface area contributed by atoms with Crippen LogP contribution in [0.3, 0.4) is 0 Å². The van der Waals surface area contributed by atoms with Crippen LogP contribution in [-0.4, -0.2) is 0 Å². The summed E-state index contributed by atoms with van der Waals surface area (Å²) in [6, 6.07) is 13.8. The lowest BCUT2D eigenvalue weighted by molar-refractivity contribution is 0.287. The number of nitrogens with zero attached hydrogens (tertiary/aromatic N) is 3. The number of nitriles is 3. The molecule has 0 amide bonds. The van der Waals surface area contributed by atoms with Crippen LogP contribution in [0.25, 0.3) is 0 Å². The standard InChI is InChI=1S/C17H17N3/c18-10-13-6-8-15(9-7-13)17(16(11-19)12-20)14-4-2-1-3-5-14/h6-9,14,16-17H,1-5H2/t17-/m1/s1. The van der Waals surface area contributed by atoms with E-state index < -0.39 is 5.92 Å². The van der Waals surface area contributed by atoms with E-state index in [0.29, 0.717) is 11.5 Å². The molecule has 3 nitrogen and oxygen atoms in total. The van der Waals surface area contributed by atoms with Gasteiger partial charge in [0, 0.05) is 5.92 Å². The molecular formula is C17H17N3. The van der Waals surface area contributed by atoms with E-state index >= 15 is 0 Å². The number of hydrogen-bond acceptors (Lipinski definition) is 3. The van der Waals surface area contributed by atoms with Gasteiger partial charge in [-0.2, -0.15) is 15.8 Å². The van der Waals surface area contributed by atoms with Crippen LogP contribution < -0.4 is 0 Å². The van der Waals surface area contributed by atoms with Crippen molar-refractivity contribution in [3.63, 3.8) is 0 Å². The van der Waals surface area contributed by atoms with Gasteiger partial charge in [-0.15, -0.1) is 0 Å². The third-order valence-electron chi connectivity index (χ3n) is 4.22. The Morgan fingerprint density at radius 2 is 1.50 bits per heavy atom. The van der Waals surface area contributed by atoms with Crippen molar-refractivity contribution in [2.75, 3.05) is 0 Å². The summed E-state index contributed by atoms with van der Waals surface area (Å²) in [5, 5.41) is 27.4. The second-order valence-corrected chi connectivity index (χ2v) is 5.39. The van der Waals surface area contributed by atoms with Crippen LogP contribution in [0.1, 0.15) is 49.1 Å². The van der Waals surface area contributed by atoms with E-state index in [-0.39, 0.29) is 5.92 Å². The summed E-state index contributed by atoms with van der Waals surface area (Å²) in [5.74, 6) is -0.231. The average Bonchev–Trinajstić information content (AvgIpc) is 2.53. The maximum Gasteiger partial charge on any atom is 0.140 e. The molecular weight excluding hydrogens is 246 g/mol. The van der Waals surface area contributed by atoms with Crippen LogP contribution in [0.2, 0.25) is 0 Å². The van der Waals surface area contributed by atoms with Crippen molar-refractivity contribution in [2.24, 2.45) is 11.8 Å². The van der Waals surface area contributed by atoms with E-state index in [1.807, 2.05) is 12.1 Å². The Bertz CT molecular complexity index is 548. The fourth-order valence-electron chi connectivity index (χ4n) is 3.20. The quantitative estimate of drug-likeness (QED) is 0.830. The molecule has 3 heteroatoms. The fourth-order valence-corrected chi connectivity index (χ4v) is 3.20. The third kappa shape index (κ3) is 2.98. The normalized spacial score (nSPS) is 16.9. The first-order chi connectivity index (χ1) is 9.80. The summed E-state index contributed by atoms with van der Waals surface area (Å²) >= 11 is 0. The minimum absolute atomic E-state index is 0.0296. The number of rotatable bonds is 3. The Morgan fingerprint density at radius 1 is 0.900 bits per heavy atom. The first kappa shape index (κ1) is 14.1. The summed E-state index contributed by atoms with van der Waals surface area (Å²) in [7, 11) is 0. The van der Waals surface area contributed by atoms with Crippen molar-refractivity contribution < 1.29 is 0 Å². The van der Waals surface area contributed by atoms with Gasteiger partial charge in [-0.1, -0.05) is 31.4 Å². The predicted octanol–water partition coefficient (Wildman–Crippen LogP) is 3.89. The van der Waals surface area contributed by atoms with Crippen LogP contribution >= 0.6 is 0 Å². The maximum atomic E-state index is 9.26. The smallest absolute Gasteiger partial charge is 0.140 e. The molecule has 1 aliphatic carbocycles. The van der Waals surface area contributed by atoms with E-state index in [1.165, 1.54) is 19.3 Å². The van der Waals surface area contributed by atoms with Crippen molar-refractivity contribution in [3.8, 4) is 18.2 Å². The predicted molar refractivity (Wildman–Crippen MR) is 75.2 cm³/mol. The Kier molecular flexibility index (Phi) is 4.75. The topological polar surface area (TPSA) is 71.4 Å². The molecule has 2 rings (SSSR count). The van der Waals surface area contributed by atoms with Gasteiger partial charge in [0.05, 0.1) is 23.8 Å². The van der Waals surface area contributed by atoms with Crippen molar-refractivity contribution >= 4 is 0 Å². The molecule has 0 saturated heterocycles. The molecule has 0 unspecified atom stereocenters. The molecule has 0 spiro atoms. The molecule has 0 aromatic heterocycles. The van der Waals surface area contributed by atoms with E-state index in [1.54, 1.807) is 12.1 Å². The van der Waals surface area contributed by atoms with Crippen LogP contribution in [0.4, 0.5) is 0 Å². The monoisotopic (exact) mass is 263 g/mol. The maximum absolute atomic E-state index is 9.26. The molecule has 1 fully saturated rings. The highest BCUT2D eigenvalue weighted by Crippen LogP contribution is 2.40. The SMILES string of the molecule is N#Cc1ccc([C@H](C(C#N)C#N)C2CCCCC2)cc1. The van der Waals surface area contributed by atoms with Gasteiger partial charge in [-0.05, 0) is 36.5 Å². The molecule has 0 N–H and O–H groups in total. The van der Waals surface area contributed by atoms with Crippen LogP contribution in [0.15, 0.2) is 24.3 Å². The summed E-state index contributed by atoms with van der Waals surface area (Å²) in [5.41, 5.74) is 1.63. The van der Waals surface area contributed by atoms with E-state index in [4.69, 9.17) is 5.26 Å². The molecule has 20 heavy (non-hydrogen) atoms. The molecule has 100 valence electrons. The number of benzene rings is 1. The summed E-state index contributed by atoms with van der Waals surface area (Å²) in [6.45, 7) is 0. The lowest BCUT2D eigenvalue weighted by Crippen LogP contribution is -2.22. The second-order valence-electron chi connectivity index (χ2n) is 5.39. The van der Waals surface area contributed by atoms with Gasteiger partial charge in [0.2, 0.25) is 0 Å². The molecule has 0 aliphatic heterocycles. The first-order valence-electron chi connectivity index (χ1n) is 7.09. The van der Waals surface area contributed by atoms with Crippen LogP contribution in [0, 0.1) is 45.8 Å². The van der Waals surface area contributed by atoms with Gasteiger partial charge in [0.1, 0.15) is 5.92 Å². The zero-order valence-electron chi connectivity index (χ0n) is 11.4. The minimum atomic E-state index is -0.606. The minimum Gasteiger partial charge on any atom is -0.197 e. The van der Waals surface area contributed by atoms with Gasteiger partial charge in [-0.3, -0.25) is 0 Å². The Labute approximate surface area is 120 Å². The largest absolute Gasteiger partial charge is 0.197 e. The Morgan fingerprint density at radius 3 is 2.00 bits per heavy atom. The lowest BCUT2D eigenvalue weighted by Gasteiger charge is -2.31. The molecule has 1 atom stereocenters. The summed E-state index contributed by atoms with van der Waals surface area (Å²) in [4.78, 5) is 0. The van der Waals surface area contributed by atoms with Gasteiger partial charge < -0.3 is 0 Å². The lowest BCUT2D eigenvalue weighted by atomic mass is 9.71. The van der Waals surface area contributed by atoms with Crippen LogP contribution in [-0.2, 0) is 0 Å². The highest BCUT2D eigenvalue weighted by molar-refractivity contribution is 5.35. The molecule has 1 aromatic rings. The fraction of sp³-hybridized carbons (Fsp3) is 0.471. The molecule has 1 saturated carbocycles. The summed E-state index contributed by atoms with van der Waals surface area (Å²) < 4.78 is 0. The Balaban J connectivity index is 2.32. The van der Waals surface area contributed by atoms with Crippen molar-refractivity contribution in [2.45, 2.75) is 38.0 Å². The molecule has 0 bridgehead atoms. The molecule has 1 aromatic carbocycles. The number of hydrogen-bond donors (Lipinski definition) is 0. The first-order valence-corrected chi connectivity index (χ1v) is 7.09. The molecule has 1 aliphatic rings. The van der Waals surface area contributed by atoms with Crippen molar-refractivity contribution in [1.29, 1.82) is 15.8 Å². The zero-order valence-corrected chi connectivity index (χ0v) is 11.4. The van der Waals surface area contributed by atoms with E-state index in [2.05, 4.69) is 18.2 Å². The molecule has 0 heterocycles. The van der Waals surface area contributed by atoms with Gasteiger partial charge in [0.15, 0.2) is 0 Å². The summed E-state index contributed by atoms with van der Waals surface area (Å²) in [6.07, 6.45) is 5.79. The van der Waals surface area contributed by atoms with Gasteiger partial charge in [-0.25, -0.2) is 0 Å². The highest BCUT2D eigenvalue weighted by atomic mass is 14.4. The highest BCUT2D eigenvalue weighted by Gasteiger charge is 2.32. The van der Waals surface area contributed by atoms with E-state index in [0.717, 1.165) is 18.4 Å². The second kappa shape index (κ2) is 6.74.